The minimum absolute atomic E-state index is 0.0566. The zero-order chi connectivity index (χ0) is 28.4. The molecule has 0 fully saturated rings. The maximum Gasteiger partial charge on any atom is 0.255 e. The monoisotopic (exact) mass is 574 g/mol. The van der Waals surface area contributed by atoms with Crippen molar-refractivity contribution in [3.63, 3.8) is 0 Å². The molecule has 0 saturated heterocycles. The van der Waals surface area contributed by atoms with E-state index in [0.29, 0.717) is 39.4 Å². The Balaban J connectivity index is 1.38. The summed E-state index contributed by atoms with van der Waals surface area (Å²) in [6.45, 7) is 6.30. The zero-order valence-corrected chi connectivity index (χ0v) is 23.7. The molecular weight excluding hydrogens is 547 g/mol. The Labute approximate surface area is 242 Å². The van der Waals surface area contributed by atoms with Crippen LogP contribution in [-0.4, -0.2) is 35.5 Å². The average molecular weight is 576 g/mol. The highest BCUT2D eigenvalue weighted by molar-refractivity contribution is 6.35. The van der Waals surface area contributed by atoms with Crippen LogP contribution < -0.4 is 16.1 Å². The molecule has 0 bridgehead atoms. The van der Waals surface area contributed by atoms with Gasteiger partial charge in [-0.1, -0.05) is 59.6 Å². The molecule has 1 unspecified atom stereocenters. The van der Waals surface area contributed by atoms with Crippen LogP contribution >= 0.6 is 23.2 Å². The summed E-state index contributed by atoms with van der Waals surface area (Å²) in [6, 6.07) is 19.9. The molecule has 2 amide bonds. The fourth-order valence-electron chi connectivity index (χ4n) is 4.73. The van der Waals surface area contributed by atoms with Crippen LogP contribution in [0, 0.1) is 12.8 Å². The fourth-order valence-corrected chi connectivity index (χ4v) is 5.26. The maximum absolute atomic E-state index is 13.3. The number of aryl methyl sites for hydroxylation is 1. The number of aliphatic imine (C=N–C) groups is 2. The van der Waals surface area contributed by atoms with E-state index in [4.69, 9.17) is 28.2 Å². The lowest BCUT2D eigenvalue weighted by atomic mass is 10.00. The first-order valence-electron chi connectivity index (χ1n) is 12.8. The van der Waals surface area contributed by atoms with Gasteiger partial charge in [-0.2, -0.15) is 0 Å². The molecule has 5 rings (SSSR count). The average Bonchev–Trinajstić information content (AvgIpc) is 3.27. The second-order valence-electron chi connectivity index (χ2n) is 9.77. The van der Waals surface area contributed by atoms with Crippen LogP contribution in [0.15, 0.2) is 88.0 Å². The Morgan fingerprint density at radius 2 is 1.77 bits per heavy atom. The number of nitrogens with zero attached hydrogens (tertiary/aromatic N) is 3. The number of carbonyl (C=O) groups is 2. The van der Waals surface area contributed by atoms with Gasteiger partial charge in [0.1, 0.15) is 12.0 Å². The summed E-state index contributed by atoms with van der Waals surface area (Å²) < 4.78 is 0. The summed E-state index contributed by atoms with van der Waals surface area (Å²) in [6.07, 6.45) is 1.56. The van der Waals surface area contributed by atoms with Crippen LogP contribution in [0.4, 0.5) is 11.4 Å². The van der Waals surface area contributed by atoms with Gasteiger partial charge in [0, 0.05) is 21.3 Å². The van der Waals surface area contributed by atoms with E-state index in [1.54, 1.807) is 36.7 Å². The quantitative estimate of drug-likeness (QED) is 0.325. The lowest BCUT2D eigenvalue weighted by Crippen LogP contribution is -2.42. The van der Waals surface area contributed by atoms with Crippen molar-refractivity contribution in [2.45, 2.75) is 26.8 Å². The van der Waals surface area contributed by atoms with Gasteiger partial charge in [-0.05, 0) is 67.8 Å². The summed E-state index contributed by atoms with van der Waals surface area (Å²) in [5.74, 6) is -0.280. The second kappa shape index (κ2) is 11.5. The molecule has 8 nitrogen and oxygen atoms in total. The van der Waals surface area contributed by atoms with Gasteiger partial charge in [0.2, 0.25) is 5.91 Å². The third-order valence-corrected chi connectivity index (χ3v) is 7.37. The molecule has 0 radical (unpaired) electrons. The van der Waals surface area contributed by atoms with Gasteiger partial charge < -0.3 is 10.6 Å². The Hall–Kier alpha value is -4.14. The van der Waals surface area contributed by atoms with Crippen molar-refractivity contribution >= 4 is 58.6 Å². The Kier molecular flexibility index (Phi) is 7.91. The summed E-state index contributed by atoms with van der Waals surface area (Å²) in [4.78, 5) is 35.4. The Bertz CT molecular complexity index is 1550. The molecule has 2 aliphatic heterocycles. The zero-order valence-electron chi connectivity index (χ0n) is 22.2. The number of benzene rings is 3. The smallest absolute Gasteiger partial charge is 0.255 e. The summed E-state index contributed by atoms with van der Waals surface area (Å²) in [5.41, 5.74) is 8.25. The SMILES string of the molecule is CC1=C2C(=Nc3cc(NC(=O)c4cc(Cl)cc(Cl)c4)ccc3C)N=CNN2CC1C(=O)N[C@@H](C)c1ccccc1. The number of hydrazine groups is 1. The Morgan fingerprint density at radius 1 is 1.05 bits per heavy atom. The van der Waals surface area contributed by atoms with Crippen molar-refractivity contribution in [1.29, 1.82) is 0 Å². The van der Waals surface area contributed by atoms with Crippen LogP contribution in [0.1, 0.15) is 41.4 Å². The number of amides is 2. The highest BCUT2D eigenvalue weighted by Gasteiger charge is 2.37. The molecule has 2 atom stereocenters. The second-order valence-corrected chi connectivity index (χ2v) is 10.6. The summed E-state index contributed by atoms with van der Waals surface area (Å²) in [5, 5.41) is 8.66. The van der Waals surface area contributed by atoms with E-state index in [-0.39, 0.29) is 23.8 Å². The topological polar surface area (TPSA) is 98.2 Å². The fraction of sp³-hybridized carbons (Fsp3) is 0.200. The van der Waals surface area contributed by atoms with E-state index < -0.39 is 0 Å². The maximum atomic E-state index is 13.3. The highest BCUT2D eigenvalue weighted by atomic mass is 35.5. The predicted molar refractivity (Wildman–Crippen MR) is 160 cm³/mol. The molecule has 0 aliphatic carbocycles. The van der Waals surface area contributed by atoms with E-state index in [9.17, 15) is 9.59 Å². The minimum Gasteiger partial charge on any atom is -0.349 e. The van der Waals surface area contributed by atoms with Gasteiger partial charge in [0.15, 0.2) is 5.84 Å². The lowest BCUT2D eigenvalue weighted by molar-refractivity contribution is -0.124. The van der Waals surface area contributed by atoms with Crippen molar-refractivity contribution in [2.24, 2.45) is 15.9 Å². The van der Waals surface area contributed by atoms with Crippen molar-refractivity contribution in [1.82, 2.24) is 15.8 Å². The van der Waals surface area contributed by atoms with Crippen LogP contribution in [0.5, 0.6) is 0 Å². The van der Waals surface area contributed by atoms with E-state index in [0.717, 1.165) is 22.4 Å². The molecule has 204 valence electrons. The standard InChI is InChI=1S/C30H28Cl2N6O2/c1-17-9-10-24(36-29(39)21-11-22(31)13-23(32)12-21)14-26(17)37-28-27-18(2)25(15-38(27)34-16-33-28)30(40)35-19(3)20-7-5-4-6-8-20/h4-14,16,19,25H,15H2,1-3H3,(H,35,40)(H,36,39)(H,33,34,37)/t19-,25?/m0/s1. The first-order valence-corrected chi connectivity index (χ1v) is 13.5. The number of hydrogen-bond donors (Lipinski definition) is 3. The molecule has 0 aromatic heterocycles. The van der Waals surface area contributed by atoms with Gasteiger partial charge in [0.25, 0.3) is 5.91 Å². The first-order chi connectivity index (χ1) is 19.2. The molecular formula is C30H28Cl2N6O2. The molecule has 2 aliphatic rings. The molecule has 0 saturated carbocycles. The van der Waals surface area contributed by atoms with E-state index in [1.165, 1.54) is 0 Å². The molecule has 0 spiro atoms. The van der Waals surface area contributed by atoms with Crippen molar-refractivity contribution in [2.75, 3.05) is 11.9 Å². The molecule has 2 heterocycles. The van der Waals surface area contributed by atoms with Crippen LogP contribution in [0.25, 0.3) is 0 Å². The van der Waals surface area contributed by atoms with Gasteiger partial charge in [-0.25, -0.2) is 9.98 Å². The Morgan fingerprint density at radius 3 is 2.50 bits per heavy atom. The molecule has 3 aromatic carbocycles. The van der Waals surface area contributed by atoms with E-state index in [2.05, 4.69) is 21.1 Å². The lowest BCUT2D eigenvalue weighted by Gasteiger charge is -2.25. The minimum atomic E-state index is -0.364. The third kappa shape index (κ3) is 5.88. The highest BCUT2D eigenvalue weighted by Crippen LogP contribution is 2.32. The van der Waals surface area contributed by atoms with Gasteiger partial charge in [-0.15, -0.1) is 0 Å². The van der Waals surface area contributed by atoms with Gasteiger partial charge in [0.05, 0.1) is 24.2 Å². The normalized spacial score (nSPS) is 17.9. The molecule has 3 N–H and O–H groups in total. The van der Waals surface area contributed by atoms with Gasteiger partial charge >= 0.3 is 0 Å². The number of halogens is 2. The number of anilines is 1. The van der Waals surface area contributed by atoms with Crippen molar-refractivity contribution < 1.29 is 9.59 Å². The third-order valence-electron chi connectivity index (χ3n) is 6.94. The number of carbonyl (C=O) groups excluding carboxylic acids is 2. The number of rotatable bonds is 6. The predicted octanol–water partition coefficient (Wildman–Crippen LogP) is 6.21. The molecule has 40 heavy (non-hydrogen) atoms. The molecule has 3 aromatic rings. The number of hydrogen-bond acceptors (Lipinski definition) is 5. The number of amidine groups is 1. The van der Waals surface area contributed by atoms with Crippen molar-refractivity contribution in [3.05, 3.63) is 105 Å². The first kappa shape index (κ1) is 27.4. The van der Waals surface area contributed by atoms with Crippen LogP contribution in [-0.2, 0) is 4.79 Å². The van der Waals surface area contributed by atoms with Gasteiger partial charge in [-0.3, -0.25) is 20.0 Å². The summed E-state index contributed by atoms with van der Waals surface area (Å²) in [7, 11) is 0. The van der Waals surface area contributed by atoms with Crippen LogP contribution in [0.3, 0.4) is 0 Å². The number of fused-ring (bicyclic) bond motifs is 1. The largest absolute Gasteiger partial charge is 0.349 e. The van der Waals surface area contributed by atoms with E-state index >= 15 is 0 Å². The number of nitrogens with one attached hydrogen (secondary N) is 3. The molecule has 10 heteroatoms. The van der Waals surface area contributed by atoms with Crippen LogP contribution in [0.2, 0.25) is 10.0 Å². The van der Waals surface area contributed by atoms with E-state index in [1.807, 2.05) is 62.2 Å². The summed E-state index contributed by atoms with van der Waals surface area (Å²) >= 11 is 12.1. The van der Waals surface area contributed by atoms with Crippen molar-refractivity contribution in [3.8, 4) is 0 Å².